The van der Waals surface area contributed by atoms with Crippen LogP contribution in [-0.2, 0) is 0 Å². The van der Waals surface area contributed by atoms with Gasteiger partial charge in [-0.15, -0.1) is 0 Å². The van der Waals surface area contributed by atoms with Crippen LogP contribution >= 0.6 is 11.8 Å². The lowest BCUT2D eigenvalue weighted by Crippen LogP contribution is -2.18. The van der Waals surface area contributed by atoms with E-state index in [0.717, 1.165) is 21.2 Å². The van der Waals surface area contributed by atoms with Gasteiger partial charge in [0.2, 0.25) is 0 Å². The van der Waals surface area contributed by atoms with Gasteiger partial charge in [-0.1, -0.05) is 96.7 Å². The Morgan fingerprint density at radius 3 is 2.27 bits per heavy atom. The molecule has 1 aliphatic heterocycles. The Hall–Kier alpha value is -2.91. The molecule has 0 atom stereocenters. The Balaban J connectivity index is 1.67. The zero-order chi connectivity index (χ0) is 17.8. The maximum Gasteiger partial charge on any atom is 0.153 e. The van der Waals surface area contributed by atoms with Crippen LogP contribution < -0.4 is 4.90 Å². The molecule has 1 heterocycles. The third-order valence-corrected chi connectivity index (χ3v) is 5.43. The molecule has 0 aromatic heterocycles. The van der Waals surface area contributed by atoms with Gasteiger partial charge in [0.15, 0.2) is 5.76 Å². The van der Waals surface area contributed by atoms with Crippen LogP contribution in [0.4, 0.5) is 5.69 Å². The molecule has 0 unspecified atom stereocenters. The summed E-state index contributed by atoms with van der Waals surface area (Å²) in [6.07, 6.45) is 4.25. The number of aliphatic hydroxyl groups excluding tert-OH is 1. The molecule has 0 saturated carbocycles. The van der Waals surface area contributed by atoms with Gasteiger partial charge in [0.25, 0.3) is 0 Å². The normalized spacial score (nSPS) is 15.3. The average molecular weight is 357 g/mol. The van der Waals surface area contributed by atoms with Gasteiger partial charge in [0.1, 0.15) is 5.03 Å². The number of hydrogen-bond acceptors (Lipinski definition) is 3. The quantitative estimate of drug-likeness (QED) is 0.563. The molecule has 4 rings (SSSR count). The van der Waals surface area contributed by atoms with Crippen molar-refractivity contribution in [2.24, 2.45) is 0 Å². The number of para-hydroxylation sites is 1. The van der Waals surface area contributed by atoms with Crippen LogP contribution in [0, 0.1) is 0 Å². The average Bonchev–Trinajstić information content (AvgIpc) is 3.08. The van der Waals surface area contributed by atoms with Crippen LogP contribution in [0.25, 0.3) is 11.8 Å². The molecule has 0 amide bonds. The fraction of sp³-hybridized carbons (Fsp3) is 0.0435. The first-order chi connectivity index (χ1) is 12.8. The highest BCUT2D eigenvalue weighted by Gasteiger charge is 2.27. The second-order valence-electron chi connectivity index (χ2n) is 6.01. The lowest BCUT2D eigenvalue weighted by atomic mass is 10.2. The highest BCUT2D eigenvalue weighted by molar-refractivity contribution is 8.04. The van der Waals surface area contributed by atoms with Crippen LogP contribution in [0.1, 0.15) is 11.1 Å². The molecule has 128 valence electrons. The summed E-state index contributed by atoms with van der Waals surface area (Å²) in [5.41, 5.74) is 3.14. The summed E-state index contributed by atoms with van der Waals surface area (Å²) >= 11 is 1.62. The van der Waals surface area contributed by atoms with Gasteiger partial charge in [0.05, 0.1) is 5.69 Å². The molecule has 1 N–H and O–H groups in total. The zero-order valence-electron chi connectivity index (χ0n) is 14.2. The predicted molar refractivity (Wildman–Crippen MR) is 111 cm³/mol. The molecular formula is C23H19NOS. The van der Waals surface area contributed by atoms with Crippen molar-refractivity contribution in [1.82, 2.24) is 0 Å². The molecule has 0 saturated heterocycles. The lowest BCUT2D eigenvalue weighted by molar-refractivity contribution is 0.508. The SMILES string of the molecule is O/C(=C1/Sc2ccccc2N1C/C=C/c1ccccc1)c1ccccc1. The Bertz CT molecular complexity index is 948. The molecule has 3 aromatic rings. The van der Waals surface area contributed by atoms with E-state index in [2.05, 4.69) is 41.3 Å². The molecule has 26 heavy (non-hydrogen) atoms. The van der Waals surface area contributed by atoms with Crippen LogP contribution in [0.15, 0.2) is 101 Å². The zero-order valence-corrected chi connectivity index (χ0v) is 15.1. The van der Waals surface area contributed by atoms with Crippen LogP contribution in [0.2, 0.25) is 0 Å². The Kier molecular flexibility index (Phi) is 4.80. The van der Waals surface area contributed by atoms with Gasteiger partial charge in [-0.05, 0) is 17.7 Å². The van der Waals surface area contributed by atoms with Crippen molar-refractivity contribution in [2.45, 2.75) is 4.90 Å². The Labute approximate surface area is 158 Å². The van der Waals surface area contributed by atoms with Crippen molar-refractivity contribution < 1.29 is 5.11 Å². The first-order valence-corrected chi connectivity index (χ1v) is 9.39. The maximum absolute atomic E-state index is 10.9. The second-order valence-corrected chi connectivity index (χ2v) is 7.04. The summed E-state index contributed by atoms with van der Waals surface area (Å²) in [7, 11) is 0. The number of hydrogen-bond donors (Lipinski definition) is 1. The highest BCUT2D eigenvalue weighted by atomic mass is 32.2. The molecule has 3 aromatic carbocycles. The summed E-state index contributed by atoms with van der Waals surface area (Å²) in [5, 5.41) is 11.7. The molecular weight excluding hydrogens is 338 g/mol. The third-order valence-electron chi connectivity index (χ3n) is 4.26. The van der Waals surface area contributed by atoms with E-state index in [1.54, 1.807) is 11.8 Å². The molecule has 0 spiro atoms. The predicted octanol–water partition coefficient (Wildman–Crippen LogP) is 6.20. The second kappa shape index (κ2) is 7.54. The van der Waals surface area contributed by atoms with Crippen LogP contribution in [0.3, 0.4) is 0 Å². The van der Waals surface area contributed by atoms with Crippen molar-refractivity contribution in [1.29, 1.82) is 0 Å². The number of benzene rings is 3. The first-order valence-electron chi connectivity index (χ1n) is 8.57. The molecule has 3 heteroatoms. The number of anilines is 1. The summed E-state index contributed by atoms with van der Waals surface area (Å²) in [5.74, 6) is 0.319. The fourth-order valence-corrected chi connectivity index (χ4v) is 4.11. The van der Waals surface area contributed by atoms with Crippen LogP contribution in [-0.4, -0.2) is 11.7 Å². The Morgan fingerprint density at radius 2 is 1.50 bits per heavy atom. The topological polar surface area (TPSA) is 23.5 Å². The van der Waals surface area contributed by atoms with Crippen molar-refractivity contribution in [3.63, 3.8) is 0 Å². The number of thioether (sulfide) groups is 1. The summed E-state index contributed by atoms with van der Waals surface area (Å²) in [4.78, 5) is 3.33. The molecule has 0 radical (unpaired) electrons. The molecule has 1 aliphatic rings. The Morgan fingerprint density at radius 1 is 0.846 bits per heavy atom. The van der Waals surface area contributed by atoms with Crippen molar-refractivity contribution in [3.05, 3.63) is 107 Å². The van der Waals surface area contributed by atoms with E-state index in [4.69, 9.17) is 0 Å². The van der Waals surface area contributed by atoms with E-state index in [9.17, 15) is 5.11 Å². The lowest BCUT2D eigenvalue weighted by Gasteiger charge is -2.20. The third kappa shape index (κ3) is 3.39. The number of nitrogens with zero attached hydrogens (tertiary/aromatic N) is 1. The van der Waals surface area contributed by atoms with Gasteiger partial charge >= 0.3 is 0 Å². The van der Waals surface area contributed by atoms with Gasteiger partial charge in [-0.2, -0.15) is 0 Å². The van der Waals surface area contributed by atoms with E-state index in [1.165, 1.54) is 5.56 Å². The van der Waals surface area contributed by atoms with Crippen molar-refractivity contribution in [3.8, 4) is 0 Å². The van der Waals surface area contributed by atoms with E-state index >= 15 is 0 Å². The molecule has 2 nitrogen and oxygen atoms in total. The van der Waals surface area contributed by atoms with Crippen LogP contribution in [0.5, 0.6) is 0 Å². The standard InChI is InChI=1S/C23H19NOS/c25-22(19-13-5-2-6-14-19)23-24(20-15-7-8-16-21(20)26-23)17-9-12-18-10-3-1-4-11-18/h1-16,25H,17H2/b12-9+,23-22+. The minimum absolute atomic E-state index is 0.319. The van der Waals surface area contributed by atoms with E-state index in [0.29, 0.717) is 12.3 Å². The van der Waals surface area contributed by atoms with E-state index < -0.39 is 0 Å². The molecule has 0 fully saturated rings. The van der Waals surface area contributed by atoms with Gasteiger partial charge in [-0.25, -0.2) is 0 Å². The minimum atomic E-state index is 0.319. The smallest absolute Gasteiger partial charge is 0.153 e. The van der Waals surface area contributed by atoms with E-state index in [1.807, 2.05) is 60.7 Å². The summed E-state index contributed by atoms with van der Waals surface area (Å²) in [6, 6.07) is 28.2. The minimum Gasteiger partial charge on any atom is -0.505 e. The summed E-state index contributed by atoms with van der Waals surface area (Å²) < 4.78 is 0. The monoisotopic (exact) mass is 357 g/mol. The number of aliphatic hydroxyl groups is 1. The highest BCUT2D eigenvalue weighted by Crippen LogP contribution is 2.47. The number of rotatable bonds is 4. The van der Waals surface area contributed by atoms with Gasteiger partial charge in [0, 0.05) is 17.0 Å². The van der Waals surface area contributed by atoms with Gasteiger partial charge in [-0.3, -0.25) is 0 Å². The molecule has 0 aliphatic carbocycles. The number of fused-ring (bicyclic) bond motifs is 1. The van der Waals surface area contributed by atoms with Crippen molar-refractivity contribution >= 4 is 29.3 Å². The maximum atomic E-state index is 10.9. The fourth-order valence-electron chi connectivity index (χ4n) is 2.97. The first kappa shape index (κ1) is 16.6. The molecule has 0 bridgehead atoms. The van der Waals surface area contributed by atoms with Crippen molar-refractivity contribution in [2.75, 3.05) is 11.4 Å². The van der Waals surface area contributed by atoms with E-state index in [-0.39, 0.29) is 0 Å². The largest absolute Gasteiger partial charge is 0.505 e. The van der Waals surface area contributed by atoms with Gasteiger partial charge < -0.3 is 10.0 Å². The summed E-state index contributed by atoms with van der Waals surface area (Å²) in [6.45, 7) is 0.700.